The van der Waals surface area contributed by atoms with E-state index in [1.165, 1.54) is 16.2 Å². The zero-order chi connectivity index (χ0) is 29.4. The van der Waals surface area contributed by atoms with Gasteiger partial charge in [-0.2, -0.15) is 0 Å². The third-order valence-electron chi connectivity index (χ3n) is 8.63. The maximum absolute atomic E-state index is 12.0. The molecule has 0 saturated carbocycles. The number of carboxylic acids is 1. The van der Waals surface area contributed by atoms with Gasteiger partial charge in [0.15, 0.2) is 0 Å². The molecular weight excluding hydrogens is 544 g/mol. The van der Waals surface area contributed by atoms with Crippen LogP contribution in [0.25, 0.3) is 16.6 Å². The molecule has 1 aliphatic carbocycles. The number of hydrogen-bond acceptors (Lipinski definition) is 6. The van der Waals surface area contributed by atoms with Gasteiger partial charge >= 0.3 is 5.97 Å². The lowest BCUT2D eigenvalue weighted by Gasteiger charge is -2.39. The van der Waals surface area contributed by atoms with E-state index in [0.29, 0.717) is 22.8 Å². The molecule has 2 N–H and O–H groups in total. The Morgan fingerprint density at radius 2 is 1.93 bits per heavy atom. The average molecular weight is 585 g/mol. The number of aromatic nitrogens is 2. The Morgan fingerprint density at radius 1 is 1.12 bits per heavy atom. The second-order valence-corrected chi connectivity index (χ2v) is 13.8. The molecule has 0 spiro atoms. The molecule has 2 aliphatic rings. The molecule has 42 heavy (non-hydrogen) atoms. The highest BCUT2D eigenvalue weighted by atomic mass is 32.1. The van der Waals surface area contributed by atoms with Crippen molar-refractivity contribution in [2.24, 2.45) is 5.41 Å². The number of carbonyl (C=O) groups is 1. The Hall–Kier alpha value is -3.62. The lowest BCUT2D eigenvalue weighted by molar-refractivity contribution is 0.0694. The smallest absolute Gasteiger partial charge is 0.339 e. The van der Waals surface area contributed by atoms with Crippen LogP contribution in [0.3, 0.4) is 0 Å². The fourth-order valence-electron chi connectivity index (χ4n) is 6.10. The number of aromatic amines is 1. The molecule has 1 aromatic carbocycles. The largest absolute Gasteiger partial charge is 0.478 e. The summed E-state index contributed by atoms with van der Waals surface area (Å²) < 4.78 is 6.09. The van der Waals surface area contributed by atoms with E-state index in [4.69, 9.17) is 4.74 Å². The van der Waals surface area contributed by atoms with Gasteiger partial charge in [-0.1, -0.05) is 33.3 Å². The first kappa shape index (κ1) is 28.5. The van der Waals surface area contributed by atoms with Crippen molar-refractivity contribution in [2.75, 3.05) is 37.6 Å². The highest BCUT2D eigenvalue weighted by Gasteiger charge is 2.30. The summed E-state index contributed by atoms with van der Waals surface area (Å²) in [5, 5.41) is 10.7. The van der Waals surface area contributed by atoms with E-state index in [-0.39, 0.29) is 5.56 Å². The fourth-order valence-corrected chi connectivity index (χ4v) is 7.20. The van der Waals surface area contributed by atoms with Gasteiger partial charge in [0.1, 0.15) is 22.7 Å². The average Bonchev–Trinajstić information content (AvgIpc) is 3.64. The number of benzene rings is 1. The first-order valence-electron chi connectivity index (χ1n) is 14.9. The molecule has 8 heteroatoms. The quantitative estimate of drug-likeness (QED) is 0.218. The summed E-state index contributed by atoms with van der Waals surface area (Å²) >= 11 is 1.97. The molecule has 7 nitrogen and oxygen atoms in total. The number of allylic oxidation sites excluding steroid dienone is 1. The number of anilines is 1. The zero-order valence-corrected chi connectivity index (χ0v) is 25.8. The van der Waals surface area contributed by atoms with Crippen LogP contribution in [0.4, 0.5) is 5.69 Å². The van der Waals surface area contributed by atoms with Crippen molar-refractivity contribution in [1.29, 1.82) is 0 Å². The standard InChI is InChI=1S/C34H40N4O3S/c1-22(2)30-7-8-31(42-30)28-19-34(3,4)11-9-24(28)21-37-13-15-38(16-14-37)25-5-6-27(33(39)40)29(18-25)41-26-17-23-10-12-35-32(23)36-20-26/h5-8,10,12,17-18,20,22H,9,11,13-16,19,21H2,1-4H3,(H,35,36)(H,39,40). The van der Waals surface area contributed by atoms with Gasteiger partial charge in [0.25, 0.3) is 0 Å². The van der Waals surface area contributed by atoms with Crippen molar-refractivity contribution in [3.63, 3.8) is 0 Å². The molecule has 1 aliphatic heterocycles. The maximum atomic E-state index is 12.0. The van der Waals surface area contributed by atoms with Gasteiger partial charge < -0.3 is 19.7 Å². The topological polar surface area (TPSA) is 81.7 Å². The number of rotatable bonds is 8. The second-order valence-electron chi connectivity index (χ2n) is 12.7. The second kappa shape index (κ2) is 11.6. The number of nitrogens with zero attached hydrogens (tertiary/aromatic N) is 3. The minimum Gasteiger partial charge on any atom is -0.478 e. The number of piperazine rings is 1. The van der Waals surface area contributed by atoms with E-state index in [2.05, 4.69) is 59.6 Å². The van der Waals surface area contributed by atoms with Crippen LogP contribution in [0.1, 0.15) is 73.0 Å². The molecule has 0 bridgehead atoms. The van der Waals surface area contributed by atoms with E-state index in [1.54, 1.807) is 23.4 Å². The highest BCUT2D eigenvalue weighted by molar-refractivity contribution is 7.13. The summed E-state index contributed by atoms with van der Waals surface area (Å²) in [6.45, 7) is 14.1. The van der Waals surface area contributed by atoms with Gasteiger partial charge in [-0.3, -0.25) is 4.90 Å². The minimum atomic E-state index is -1.01. The SMILES string of the molecule is CC(C)c1ccc(C2=C(CN3CCN(c4ccc(C(=O)O)c(Oc5cnc6[nH]ccc6c5)c4)CC3)CCC(C)(C)C2)s1. The van der Waals surface area contributed by atoms with Crippen molar-refractivity contribution in [3.05, 3.63) is 75.7 Å². The van der Waals surface area contributed by atoms with Crippen molar-refractivity contribution in [1.82, 2.24) is 14.9 Å². The molecule has 0 unspecified atom stereocenters. The first-order chi connectivity index (χ1) is 20.1. The summed E-state index contributed by atoms with van der Waals surface area (Å²) in [5.74, 6) is 0.392. The summed E-state index contributed by atoms with van der Waals surface area (Å²) in [6, 6.07) is 13.8. The number of hydrogen-bond donors (Lipinski definition) is 2. The normalized spacial score (nSPS) is 17.8. The molecule has 220 valence electrons. The van der Waals surface area contributed by atoms with Crippen molar-refractivity contribution in [2.45, 2.75) is 52.9 Å². The van der Waals surface area contributed by atoms with Crippen LogP contribution >= 0.6 is 11.3 Å². The third-order valence-corrected chi connectivity index (χ3v) is 10.1. The number of pyridine rings is 1. The maximum Gasteiger partial charge on any atom is 0.339 e. The number of H-pyrrole nitrogens is 1. The molecule has 1 saturated heterocycles. The summed E-state index contributed by atoms with van der Waals surface area (Å²) in [6.07, 6.45) is 6.98. The molecule has 0 atom stereocenters. The molecule has 3 aromatic heterocycles. The van der Waals surface area contributed by atoms with E-state index in [1.807, 2.05) is 41.8 Å². The van der Waals surface area contributed by atoms with Gasteiger partial charge in [0.2, 0.25) is 0 Å². The molecular formula is C34H40N4O3S. The van der Waals surface area contributed by atoms with Crippen LogP contribution < -0.4 is 9.64 Å². The number of fused-ring (bicyclic) bond motifs is 1. The summed E-state index contributed by atoms with van der Waals surface area (Å²) in [5.41, 5.74) is 5.40. The van der Waals surface area contributed by atoms with Gasteiger partial charge in [-0.15, -0.1) is 11.3 Å². The predicted octanol–water partition coefficient (Wildman–Crippen LogP) is 8.02. The molecule has 1 fully saturated rings. The van der Waals surface area contributed by atoms with Crippen LogP contribution in [0.5, 0.6) is 11.5 Å². The van der Waals surface area contributed by atoms with Gasteiger partial charge in [0.05, 0.1) is 6.20 Å². The van der Waals surface area contributed by atoms with E-state index < -0.39 is 5.97 Å². The minimum absolute atomic E-state index is 0.139. The Labute approximate surface area is 251 Å². The monoisotopic (exact) mass is 584 g/mol. The fraction of sp³-hybridized carbons (Fsp3) is 0.412. The van der Waals surface area contributed by atoms with E-state index in [0.717, 1.165) is 62.3 Å². The Bertz CT molecular complexity index is 1620. The van der Waals surface area contributed by atoms with Gasteiger partial charge in [0, 0.05) is 65.8 Å². The first-order valence-corrected chi connectivity index (χ1v) is 15.7. The molecule has 0 radical (unpaired) electrons. The molecule has 0 amide bonds. The number of ether oxygens (including phenoxy) is 1. The van der Waals surface area contributed by atoms with E-state index in [9.17, 15) is 9.90 Å². The number of thiophene rings is 1. The number of aromatic carboxylic acids is 1. The molecule has 4 aromatic rings. The van der Waals surface area contributed by atoms with Crippen LogP contribution in [0.2, 0.25) is 0 Å². The molecule has 4 heterocycles. The van der Waals surface area contributed by atoms with Gasteiger partial charge in [-0.25, -0.2) is 9.78 Å². The Kier molecular flexibility index (Phi) is 7.85. The zero-order valence-electron chi connectivity index (χ0n) is 24.9. The van der Waals surface area contributed by atoms with Crippen LogP contribution in [0.15, 0.2) is 60.4 Å². The van der Waals surface area contributed by atoms with Crippen molar-refractivity contribution >= 4 is 39.6 Å². The van der Waals surface area contributed by atoms with Crippen molar-refractivity contribution in [3.8, 4) is 11.5 Å². The molecule has 6 rings (SSSR count). The van der Waals surface area contributed by atoms with Crippen LogP contribution in [0, 0.1) is 5.41 Å². The van der Waals surface area contributed by atoms with Crippen LogP contribution in [-0.4, -0.2) is 58.7 Å². The summed E-state index contributed by atoms with van der Waals surface area (Å²) in [4.78, 5) is 27.3. The summed E-state index contributed by atoms with van der Waals surface area (Å²) in [7, 11) is 0. The lowest BCUT2D eigenvalue weighted by Crippen LogP contribution is -2.47. The van der Waals surface area contributed by atoms with Crippen LogP contribution in [-0.2, 0) is 0 Å². The van der Waals surface area contributed by atoms with Crippen molar-refractivity contribution < 1.29 is 14.6 Å². The third kappa shape index (κ3) is 6.10. The van der Waals surface area contributed by atoms with Gasteiger partial charge in [-0.05, 0) is 72.6 Å². The lowest BCUT2D eigenvalue weighted by atomic mass is 9.74. The Morgan fingerprint density at radius 3 is 2.67 bits per heavy atom. The van der Waals surface area contributed by atoms with E-state index >= 15 is 0 Å². The predicted molar refractivity (Wildman–Crippen MR) is 171 cm³/mol. The highest BCUT2D eigenvalue weighted by Crippen LogP contribution is 2.45. The number of carboxylic acid groups (broad SMARTS) is 1. The Balaban J connectivity index is 1.16. The number of nitrogens with one attached hydrogen (secondary N) is 1.